The maximum atomic E-state index is 13.8. The molecule has 0 amide bonds. The first-order valence-corrected chi connectivity index (χ1v) is 6.87. The average Bonchev–Trinajstić information content (AvgIpc) is 2.43. The lowest BCUT2D eigenvalue weighted by Gasteiger charge is -2.15. The third-order valence-electron chi connectivity index (χ3n) is 2.73. The van der Waals surface area contributed by atoms with Crippen molar-refractivity contribution in [2.75, 3.05) is 5.43 Å². The van der Waals surface area contributed by atoms with E-state index < -0.39 is 11.6 Å². The normalized spacial score (nSPS) is 10.8. The van der Waals surface area contributed by atoms with Gasteiger partial charge in [0.15, 0.2) is 17.4 Å². The van der Waals surface area contributed by atoms with E-state index in [0.717, 1.165) is 6.07 Å². The van der Waals surface area contributed by atoms with Crippen molar-refractivity contribution in [3.05, 3.63) is 40.1 Å². The fourth-order valence-electron chi connectivity index (χ4n) is 1.81. The van der Waals surface area contributed by atoms with Crippen LogP contribution in [0.1, 0.15) is 25.3 Å². The second-order valence-electron chi connectivity index (χ2n) is 4.54. The number of nitrogens with one attached hydrogen (secondary N) is 1. The lowest BCUT2D eigenvalue weighted by Crippen LogP contribution is -2.13. The number of nitrogens with zero attached hydrogens (tertiary/aromatic N) is 2. The van der Waals surface area contributed by atoms with Crippen molar-refractivity contribution in [1.29, 1.82) is 0 Å². The van der Waals surface area contributed by atoms with Gasteiger partial charge >= 0.3 is 0 Å². The zero-order valence-electron chi connectivity index (χ0n) is 11.3. The molecule has 0 aliphatic heterocycles. The maximum Gasteiger partial charge on any atom is 0.228 e. The summed E-state index contributed by atoms with van der Waals surface area (Å²) in [6.45, 7) is 3.76. The molecule has 0 saturated heterocycles. The lowest BCUT2D eigenvalue weighted by molar-refractivity contribution is 0.399. The van der Waals surface area contributed by atoms with Gasteiger partial charge < -0.3 is 10.2 Å². The van der Waals surface area contributed by atoms with Gasteiger partial charge in [-0.05, 0) is 18.1 Å². The summed E-state index contributed by atoms with van der Waals surface area (Å²) in [5.74, 6) is 3.46. The topological polar surface area (TPSA) is 73.1 Å². The number of rotatable bonds is 4. The molecule has 8 heteroatoms. The summed E-state index contributed by atoms with van der Waals surface area (Å²) >= 11 is 3.08. The largest absolute Gasteiger partial charge is 0.435 e. The minimum Gasteiger partial charge on any atom is -0.435 e. The van der Waals surface area contributed by atoms with Gasteiger partial charge in [-0.25, -0.2) is 20.2 Å². The Morgan fingerprint density at radius 2 is 2.00 bits per heavy atom. The van der Waals surface area contributed by atoms with E-state index in [1.165, 1.54) is 12.4 Å². The molecule has 21 heavy (non-hydrogen) atoms. The SMILES string of the molecule is CC(C)c1c(NN)ncnc1Oc1cc(Br)cc(F)c1F. The highest BCUT2D eigenvalue weighted by Crippen LogP contribution is 2.35. The van der Waals surface area contributed by atoms with Crippen LogP contribution in [0.5, 0.6) is 11.6 Å². The maximum absolute atomic E-state index is 13.8. The molecule has 0 aliphatic rings. The van der Waals surface area contributed by atoms with Crippen molar-refractivity contribution in [2.45, 2.75) is 19.8 Å². The predicted molar refractivity (Wildman–Crippen MR) is 78.1 cm³/mol. The molecule has 2 aromatic rings. The van der Waals surface area contributed by atoms with E-state index in [4.69, 9.17) is 10.6 Å². The smallest absolute Gasteiger partial charge is 0.228 e. The van der Waals surface area contributed by atoms with Crippen LogP contribution in [0.25, 0.3) is 0 Å². The second kappa shape index (κ2) is 6.31. The molecule has 112 valence electrons. The van der Waals surface area contributed by atoms with Crippen molar-refractivity contribution in [3.63, 3.8) is 0 Å². The van der Waals surface area contributed by atoms with Gasteiger partial charge in [0.25, 0.3) is 0 Å². The summed E-state index contributed by atoms with van der Waals surface area (Å²) in [5, 5.41) is 0. The van der Waals surface area contributed by atoms with E-state index in [9.17, 15) is 8.78 Å². The Morgan fingerprint density at radius 1 is 1.29 bits per heavy atom. The van der Waals surface area contributed by atoms with Gasteiger partial charge in [0, 0.05) is 4.47 Å². The van der Waals surface area contributed by atoms with E-state index in [1.807, 2.05) is 13.8 Å². The first-order valence-electron chi connectivity index (χ1n) is 6.08. The first kappa shape index (κ1) is 15.6. The van der Waals surface area contributed by atoms with Crippen LogP contribution >= 0.6 is 15.9 Å². The molecule has 0 aliphatic carbocycles. The predicted octanol–water partition coefficient (Wildman–Crippen LogP) is 3.72. The van der Waals surface area contributed by atoms with E-state index in [1.54, 1.807) is 0 Å². The average molecular weight is 359 g/mol. The molecule has 3 N–H and O–H groups in total. The first-order chi connectivity index (χ1) is 9.93. The van der Waals surface area contributed by atoms with Gasteiger partial charge in [0.05, 0.1) is 5.56 Å². The molecule has 0 unspecified atom stereocenters. The summed E-state index contributed by atoms with van der Waals surface area (Å²) < 4.78 is 32.9. The number of nitrogens with two attached hydrogens (primary N) is 1. The quantitative estimate of drug-likeness (QED) is 0.495. The molecular formula is C13H13BrF2N4O. The van der Waals surface area contributed by atoms with Crippen LogP contribution in [0.15, 0.2) is 22.9 Å². The number of aromatic nitrogens is 2. The molecule has 5 nitrogen and oxygen atoms in total. The molecule has 1 aromatic heterocycles. The van der Waals surface area contributed by atoms with Crippen molar-refractivity contribution in [2.24, 2.45) is 5.84 Å². The van der Waals surface area contributed by atoms with Gasteiger partial charge in [-0.3, -0.25) is 0 Å². The monoisotopic (exact) mass is 358 g/mol. The number of benzene rings is 1. The molecule has 2 rings (SSSR count). The molecule has 1 aromatic carbocycles. The number of hydrogen-bond donors (Lipinski definition) is 2. The summed E-state index contributed by atoms with van der Waals surface area (Å²) in [4.78, 5) is 7.94. The number of hydrazine groups is 1. The van der Waals surface area contributed by atoms with Crippen LogP contribution in [0, 0.1) is 11.6 Å². The lowest BCUT2D eigenvalue weighted by atomic mass is 10.1. The summed E-state index contributed by atoms with van der Waals surface area (Å²) in [6.07, 6.45) is 1.22. The molecule has 1 heterocycles. The number of hydrogen-bond acceptors (Lipinski definition) is 5. The van der Waals surface area contributed by atoms with Crippen molar-refractivity contribution in [3.8, 4) is 11.6 Å². The second-order valence-corrected chi connectivity index (χ2v) is 5.46. The zero-order valence-corrected chi connectivity index (χ0v) is 12.9. The Labute approximate surface area is 128 Å². The van der Waals surface area contributed by atoms with Gasteiger partial charge in [-0.1, -0.05) is 29.8 Å². The van der Waals surface area contributed by atoms with Crippen LogP contribution in [-0.4, -0.2) is 9.97 Å². The Hall–Kier alpha value is -1.80. The number of nitrogen functional groups attached to an aromatic ring is 1. The van der Waals surface area contributed by atoms with E-state index in [-0.39, 0.29) is 17.5 Å². The van der Waals surface area contributed by atoms with Crippen molar-refractivity contribution in [1.82, 2.24) is 9.97 Å². The van der Waals surface area contributed by atoms with E-state index in [0.29, 0.717) is 15.9 Å². The van der Waals surface area contributed by atoms with Crippen molar-refractivity contribution < 1.29 is 13.5 Å². The summed E-state index contributed by atoms with van der Waals surface area (Å²) in [5.41, 5.74) is 3.00. The van der Waals surface area contributed by atoms with E-state index >= 15 is 0 Å². The molecule has 0 bridgehead atoms. The highest BCUT2D eigenvalue weighted by molar-refractivity contribution is 9.10. The van der Waals surface area contributed by atoms with Crippen LogP contribution in [0.4, 0.5) is 14.6 Å². The van der Waals surface area contributed by atoms with Gasteiger partial charge in [0.1, 0.15) is 6.33 Å². The van der Waals surface area contributed by atoms with Crippen LogP contribution < -0.4 is 16.0 Å². The summed E-state index contributed by atoms with van der Waals surface area (Å²) in [6, 6.07) is 2.33. The standard InChI is InChI=1S/C13H13BrF2N4O/c1-6(2)10-12(20-17)18-5-19-13(10)21-9-4-7(14)3-8(15)11(9)16/h3-6H,17H2,1-2H3,(H,18,19,20). The zero-order chi connectivity index (χ0) is 15.6. The van der Waals surface area contributed by atoms with Crippen molar-refractivity contribution >= 4 is 21.7 Å². The minimum absolute atomic E-state index is 0.0349. The highest BCUT2D eigenvalue weighted by Gasteiger charge is 2.19. The minimum atomic E-state index is -1.09. The number of anilines is 1. The Balaban J connectivity index is 2.50. The third-order valence-corrected chi connectivity index (χ3v) is 3.19. The molecule has 0 fully saturated rings. The van der Waals surface area contributed by atoms with Crippen LogP contribution in [0.2, 0.25) is 0 Å². The van der Waals surface area contributed by atoms with Gasteiger partial charge in [-0.15, -0.1) is 0 Å². The van der Waals surface area contributed by atoms with Gasteiger partial charge in [-0.2, -0.15) is 4.39 Å². The number of ether oxygens (including phenoxy) is 1. The Kier molecular flexibility index (Phi) is 4.69. The van der Waals surface area contributed by atoms with E-state index in [2.05, 4.69) is 31.3 Å². The Bertz CT molecular complexity index is 667. The molecule has 0 radical (unpaired) electrons. The van der Waals surface area contributed by atoms with Gasteiger partial charge in [0.2, 0.25) is 11.7 Å². The highest BCUT2D eigenvalue weighted by atomic mass is 79.9. The molecular weight excluding hydrogens is 346 g/mol. The molecule has 0 spiro atoms. The van der Waals surface area contributed by atoms with Crippen LogP contribution in [-0.2, 0) is 0 Å². The fraction of sp³-hybridized carbons (Fsp3) is 0.231. The fourth-order valence-corrected chi connectivity index (χ4v) is 2.22. The molecule has 0 atom stereocenters. The molecule has 0 saturated carbocycles. The third kappa shape index (κ3) is 3.27. The van der Waals surface area contributed by atoms with Crippen LogP contribution in [0.3, 0.4) is 0 Å². The Morgan fingerprint density at radius 3 is 2.62 bits per heavy atom. The summed E-state index contributed by atoms with van der Waals surface area (Å²) in [7, 11) is 0. The number of halogens is 3.